The number of amides is 1. The molecule has 4 heteroatoms. The summed E-state index contributed by atoms with van der Waals surface area (Å²) in [7, 11) is 0. The summed E-state index contributed by atoms with van der Waals surface area (Å²) in [6, 6.07) is 3.52. The van der Waals surface area contributed by atoms with Crippen LogP contribution in [0.25, 0.3) is 0 Å². The van der Waals surface area contributed by atoms with Crippen LogP contribution in [0.3, 0.4) is 0 Å². The van der Waals surface area contributed by atoms with Gasteiger partial charge in [-0.15, -0.1) is 0 Å². The number of morpholine rings is 1. The third kappa shape index (κ3) is 2.15. The molecule has 1 fully saturated rings. The Hall–Kier alpha value is -1.42. The number of hydrogen-bond acceptors (Lipinski definition) is 3. The number of rotatable bonds is 1. The van der Waals surface area contributed by atoms with Gasteiger partial charge in [0.2, 0.25) is 0 Å². The lowest BCUT2D eigenvalue weighted by Gasteiger charge is -2.33. The van der Waals surface area contributed by atoms with Gasteiger partial charge in [0.1, 0.15) is 0 Å². The highest BCUT2D eigenvalue weighted by Crippen LogP contribution is 2.10. The minimum Gasteiger partial charge on any atom is -0.377 e. The van der Waals surface area contributed by atoms with Crippen molar-refractivity contribution in [2.24, 2.45) is 0 Å². The van der Waals surface area contributed by atoms with Crippen LogP contribution in [0, 0.1) is 6.20 Å². The van der Waals surface area contributed by atoms with Gasteiger partial charge in [-0.05, 0) is 19.1 Å². The van der Waals surface area contributed by atoms with Gasteiger partial charge >= 0.3 is 0 Å². The number of carbonyl (C=O) groups excluding carboxylic acids is 1. The van der Waals surface area contributed by atoms with Crippen LogP contribution in [0.2, 0.25) is 0 Å². The zero-order valence-electron chi connectivity index (χ0n) is 8.64. The molecular weight excluding hydrogens is 192 g/mol. The summed E-state index contributed by atoms with van der Waals surface area (Å²) in [5.41, 5.74) is 0.613. The fraction of sp³-hybridized carbons (Fsp3) is 0.455. The standard InChI is InChI=1S/C11H13N2O2/c1-9-8-15-6-5-13(9)11(14)10-3-2-4-12-7-10/h2-3,7,9H,5-6,8H2,1H3/t9-/m1/s1. The van der Waals surface area contributed by atoms with Crippen molar-refractivity contribution in [1.29, 1.82) is 0 Å². The molecule has 1 atom stereocenters. The van der Waals surface area contributed by atoms with E-state index < -0.39 is 0 Å². The first-order chi connectivity index (χ1) is 7.29. The minimum atomic E-state index is 0.0206. The summed E-state index contributed by atoms with van der Waals surface area (Å²) in [6.45, 7) is 3.86. The van der Waals surface area contributed by atoms with E-state index in [2.05, 4.69) is 11.2 Å². The number of hydrogen-bond donors (Lipinski definition) is 0. The molecule has 2 heterocycles. The molecule has 1 aromatic heterocycles. The second-order valence-electron chi connectivity index (χ2n) is 3.60. The predicted octanol–water partition coefficient (Wildman–Crippen LogP) is 0.743. The van der Waals surface area contributed by atoms with Crippen LogP contribution < -0.4 is 0 Å². The van der Waals surface area contributed by atoms with Crippen LogP contribution in [0.5, 0.6) is 0 Å². The summed E-state index contributed by atoms with van der Waals surface area (Å²) >= 11 is 0. The Balaban J connectivity index is 2.13. The topological polar surface area (TPSA) is 42.4 Å². The van der Waals surface area contributed by atoms with E-state index >= 15 is 0 Å². The van der Waals surface area contributed by atoms with Crippen molar-refractivity contribution < 1.29 is 9.53 Å². The molecule has 0 bridgehead atoms. The van der Waals surface area contributed by atoms with Crippen LogP contribution in [0.1, 0.15) is 17.3 Å². The van der Waals surface area contributed by atoms with Crippen molar-refractivity contribution in [3.8, 4) is 0 Å². The summed E-state index contributed by atoms with van der Waals surface area (Å²) in [5.74, 6) is 0.0206. The molecule has 0 aromatic carbocycles. The Morgan fingerprint density at radius 2 is 2.60 bits per heavy atom. The van der Waals surface area contributed by atoms with Gasteiger partial charge in [0.05, 0.1) is 31.0 Å². The number of ether oxygens (including phenoxy) is 1. The first-order valence-electron chi connectivity index (χ1n) is 5.00. The maximum absolute atomic E-state index is 12.0. The quantitative estimate of drug-likeness (QED) is 0.679. The summed E-state index contributed by atoms with van der Waals surface area (Å²) in [5, 5.41) is 0. The molecule has 1 radical (unpaired) electrons. The molecule has 0 unspecified atom stereocenters. The van der Waals surface area contributed by atoms with E-state index in [1.165, 1.54) is 0 Å². The third-order valence-electron chi connectivity index (χ3n) is 2.49. The van der Waals surface area contributed by atoms with E-state index in [4.69, 9.17) is 4.74 Å². The van der Waals surface area contributed by atoms with Crippen LogP contribution >= 0.6 is 0 Å². The predicted molar refractivity (Wildman–Crippen MR) is 54.4 cm³/mol. The van der Waals surface area contributed by atoms with Gasteiger partial charge in [0.15, 0.2) is 0 Å². The summed E-state index contributed by atoms with van der Waals surface area (Å²) in [4.78, 5) is 17.7. The minimum absolute atomic E-state index is 0.0206. The lowest BCUT2D eigenvalue weighted by Crippen LogP contribution is -2.47. The first-order valence-corrected chi connectivity index (χ1v) is 5.00. The zero-order valence-corrected chi connectivity index (χ0v) is 8.64. The molecule has 1 aromatic rings. The van der Waals surface area contributed by atoms with Gasteiger partial charge in [-0.2, -0.15) is 0 Å². The average molecular weight is 205 g/mol. The monoisotopic (exact) mass is 205 g/mol. The molecule has 15 heavy (non-hydrogen) atoms. The van der Waals surface area contributed by atoms with E-state index in [-0.39, 0.29) is 11.9 Å². The van der Waals surface area contributed by atoms with Gasteiger partial charge in [-0.3, -0.25) is 9.78 Å². The highest BCUT2D eigenvalue weighted by Gasteiger charge is 2.24. The summed E-state index contributed by atoms with van der Waals surface area (Å²) < 4.78 is 5.28. The molecule has 1 amide bonds. The molecule has 0 aliphatic carbocycles. The van der Waals surface area contributed by atoms with Crippen molar-refractivity contribution >= 4 is 5.91 Å². The van der Waals surface area contributed by atoms with Gasteiger partial charge in [0.25, 0.3) is 5.91 Å². The molecule has 2 rings (SSSR count). The molecular formula is C11H13N2O2. The Morgan fingerprint density at radius 1 is 1.73 bits per heavy atom. The summed E-state index contributed by atoms with van der Waals surface area (Å²) in [6.07, 6.45) is 4.20. The maximum atomic E-state index is 12.0. The maximum Gasteiger partial charge on any atom is 0.255 e. The third-order valence-corrected chi connectivity index (χ3v) is 2.49. The Morgan fingerprint density at radius 3 is 3.27 bits per heavy atom. The first kappa shape index (κ1) is 10.1. The van der Waals surface area contributed by atoms with Gasteiger partial charge in [-0.1, -0.05) is 0 Å². The Labute approximate surface area is 88.9 Å². The lowest BCUT2D eigenvalue weighted by atomic mass is 10.2. The van der Waals surface area contributed by atoms with Crippen molar-refractivity contribution in [2.75, 3.05) is 19.8 Å². The molecule has 4 nitrogen and oxygen atoms in total. The van der Waals surface area contributed by atoms with Gasteiger partial charge < -0.3 is 9.64 Å². The van der Waals surface area contributed by atoms with E-state index in [1.807, 2.05) is 11.8 Å². The molecule has 1 aliphatic heterocycles. The molecule has 0 saturated carbocycles. The molecule has 79 valence electrons. The van der Waals surface area contributed by atoms with Crippen molar-refractivity contribution in [2.45, 2.75) is 13.0 Å². The van der Waals surface area contributed by atoms with Crippen LogP contribution in [0.15, 0.2) is 18.3 Å². The lowest BCUT2D eigenvalue weighted by molar-refractivity contribution is 0.00357. The average Bonchev–Trinajstić information content (AvgIpc) is 2.30. The molecule has 0 spiro atoms. The fourth-order valence-electron chi connectivity index (χ4n) is 1.64. The molecule has 0 N–H and O–H groups in total. The number of aromatic nitrogens is 1. The van der Waals surface area contributed by atoms with Crippen molar-refractivity contribution in [3.63, 3.8) is 0 Å². The normalized spacial score (nSPS) is 21.4. The number of pyridine rings is 1. The zero-order chi connectivity index (χ0) is 10.7. The highest BCUT2D eigenvalue weighted by molar-refractivity contribution is 5.94. The second kappa shape index (κ2) is 4.40. The molecule has 1 saturated heterocycles. The SMILES string of the molecule is C[C@@H]1COCCN1C(=O)c1cc[c]nc1. The molecule has 1 aliphatic rings. The fourth-order valence-corrected chi connectivity index (χ4v) is 1.64. The van der Waals surface area contributed by atoms with Crippen LogP contribution in [-0.2, 0) is 4.74 Å². The van der Waals surface area contributed by atoms with E-state index in [0.717, 1.165) is 0 Å². The van der Waals surface area contributed by atoms with Crippen LogP contribution in [-0.4, -0.2) is 41.6 Å². The Bertz CT molecular complexity index is 340. The van der Waals surface area contributed by atoms with Crippen molar-refractivity contribution in [1.82, 2.24) is 9.88 Å². The van der Waals surface area contributed by atoms with Gasteiger partial charge in [-0.25, -0.2) is 0 Å². The highest BCUT2D eigenvalue weighted by atomic mass is 16.5. The van der Waals surface area contributed by atoms with E-state index in [9.17, 15) is 4.79 Å². The van der Waals surface area contributed by atoms with Crippen LogP contribution in [0.4, 0.5) is 0 Å². The largest absolute Gasteiger partial charge is 0.377 e. The Kier molecular flexibility index (Phi) is 2.97. The van der Waals surface area contributed by atoms with E-state index in [0.29, 0.717) is 25.3 Å². The number of carbonyl (C=O) groups is 1. The smallest absolute Gasteiger partial charge is 0.255 e. The number of nitrogens with zero attached hydrogens (tertiary/aromatic N) is 2. The van der Waals surface area contributed by atoms with Crippen molar-refractivity contribution in [3.05, 3.63) is 30.1 Å². The second-order valence-corrected chi connectivity index (χ2v) is 3.60. The van der Waals surface area contributed by atoms with Gasteiger partial charge in [0, 0.05) is 12.7 Å². The van der Waals surface area contributed by atoms with E-state index in [1.54, 1.807) is 18.3 Å².